The Balaban J connectivity index is 2.81. The zero-order valence-electron chi connectivity index (χ0n) is 10.1. The monoisotopic (exact) mass is 262 g/mol. The van der Waals surface area contributed by atoms with E-state index in [9.17, 15) is 0 Å². The molecule has 0 bridgehead atoms. The summed E-state index contributed by atoms with van der Waals surface area (Å²) in [7, 11) is 0. The predicted molar refractivity (Wildman–Crippen MR) is 75.3 cm³/mol. The maximum Gasteiger partial charge on any atom is 0.101 e. The Morgan fingerprint density at radius 1 is 1.61 bits per heavy atom. The van der Waals surface area contributed by atoms with Crippen molar-refractivity contribution < 1.29 is 0 Å². The largest absolute Gasteiger partial charge is 0.398 e. The summed E-state index contributed by atoms with van der Waals surface area (Å²) in [5.41, 5.74) is 13.1. The number of halogens is 1. The Labute approximate surface area is 112 Å². The SMILES string of the molecule is C[C@H](N)CN=C/C=C(\N)c1ccc(C#N)c(Cl)c1. The minimum atomic E-state index is 0.0280. The first-order chi connectivity index (χ1) is 8.54. The summed E-state index contributed by atoms with van der Waals surface area (Å²) >= 11 is 5.92. The number of rotatable bonds is 4. The van der Waals surface area contributed by atoms with Gasteiger partial charge in [0.15, 0.2) is 0 Å². The molecule has 1 aromatic carbocycles. The Kier molecular flexibility index (Phi) is 5.37. The molecule has 0 aliphatic carbocycles. The molecule has 0 aromatic heterocycles. The third kappa shape index (κ3) is 4.21. The summed E-state index contributed by atoms with van der Waals surface area (Å²) in [5.74, 6) is 0. The maximum absolute atomic E-state index is 8.76. The van der Waals surface area contributed by atoms with Gasteiger partial charge in [0, 0.05) is 18.0 Å². The number of hydrogen-bond donors (Lipinski definition) is 2. The Morgan fingerprint density at radius 2 is 2.33 bits per heavy atom. The number of nitrogens with two attached hydrogens (primary N) is 2. The van der Waals surface area contributed by atoms with Crippen molar-refractivity contribution in [2.75, 3.05) is 6.54 Å². The highest BCUT2D eigenvalue weighted by molar-refractivity contribution is 6.31. The van der Waals surface area contributed by atoms with Crippen LogP contribution in [0.3, 0.4) is 0 Å². The molecule has 4 N–H and O–H groups in total. The van der Waals surface area contributed by atoms with Gasteiger partial charge in [0.25, 0.3) is 0 Å². The molecule has 0 amide bonds. The van der Waals surface area contributed by atoms with Crippen LogP contribution in [0.25, 0.3) is 5.70 Å². The molecule has 0 unspecified atom stereocenters. The van der Waals surface area contributed by atoms with Gasteiger partial charge < -0.3 is 11.5 Å². The van der Waals surface area contributed by atoms with Gasteiger partial charge in [-0.1, -0.05) is 17.7 Å². The van der Waals surface area contributed by atoms with E-state index in [4.69, 9.17) is 28.3 Å². The minimum absolute atomic E-state index is 0.0280. The highest BCUT2D eigenvalue weighted by Gasteiger charge is 2.02. The van der Waals surface area contributed by atoms with Crippen LogP contribution in [0.2, 0.25) is 5.02 Å². The summed E-state index contributed by atoms with van der Waals surface area (Å²) < 4.78 is 0. The van der Waals surface area contributed by atoms with Crippen molar-refractivity contribution in [3.05, 3.63) is 40.4 Å². The van der Waals surface area contributed by atoms with Crippen molar-refractivity contribution in [3.8, 4) is 6.07 Å². The van der Waals surface area contributed by atoms with Crippen LogP contribution < -0.4 is 11.5 Å². The number of aliphatic imine (C=N–C) groups is 1. The van der Waals surface area contributed by atoms with Crippen molar-refractivity contribution >= 4 is 23.5 Å². The average Bonchev–Trinajstić information content (AvgIpc) is 2.34. The van der Waals surface area contributed by atoms with Crippen LogP contribution in [0.15, 0.2) is 29.3 Å². The van der Waals surface area contributed by atoms with E-state index in [0.717, 1.165) is 5.56 Å². The van der Waals surface area contributed by atoms with Gasteiger partial charge in [-0.15, -0.1) is 0 Å². The fraction of sp³-hybridized carbons (Fsp3) is 0.231. The molecule has 5 heteroatoms. The first-order valence-corrected chi connectivity index (χ1v) is 5.83. The lowest BCUT2D eigenvalue weighted by molar-refractivity contribution is 0.756. The van der Waals surface area contributed by atoms with E-state index < -0.39 is 0 Å². The lowest BCUT2D eigenvalue weighted by Crippen LogP contribution is -2.18. The van der Waals surface area contributed by atoms with E-state index in [1.54, 1.807) is 30.5 Å². The molecule has 0 radical (unpaired) electrons. The van der Waals surface area contributed by atoms with Gasteiger partial charge in [-0.05, 0) is 30.7 Å². The lowest BCUT2D eigenvalue weighted by Gasteiger charge is -2.02. The summed E-state index contributed by atoms with van der Waals surface area (Å²) in [6.07, 6.45) is 3.30. The van der Waals surface area contributed by atoms with Gasteiger partial charge in [0.1, 0.15) is 6.07 Å². The van der Waals surface area contributed by atoms with Crippen molar-refractivity contribution in [1.82, 2.24) is 0 Å². The van der Waals surface area contributed by atoms with E-state index in [-0.39, 0.29) is 6.04 Å². The normalized spacial score (nSPS) is 13.6. The smallest absolute Gasteiger partial charge is 0.101 e. The van der Waals surface area contributed by atoms with Crippen molar-refractivity contribution in [1.29, 1.82) is 5.26 Å². The van der Waals surface area contributed by atoms with Crippen molar-refractivity contribution in [3.63, 3.8) is 0 Å². The third-order valence-electron chi connectivity index (χ3n) is 2.18. The topological polar surface area (TPSA) is 88.2 Å². The van der Waals surface area contributed by atoms with Gasteiger partial charge >= 0.3 is 0 Å². The molecule has 4 nitrogen and oxygen atoms in total. The Bertz CT molecular complexity index is 512. The fourth-order valence-corrected chi connectivity index (χ4v) is 1.46. The van der Waals surface area contributed by atoms with Gasteiger partial charge in [-0.3, -0.25) is 4.99 Å². The van der Waals surface area contributed by atoms with Crippen LogP contribution in [0.5, 0.6) is 0 Å². The van der Waals surface area contributed by atoms with Crippen LogP contribution >= 0.6 is 11.6 Å². The molecule has 1 atom stereocenters. The Hall–Kier alpha value is -1.83. The number of nitrogens with zero attached hydrogens (tertiary/aromatic N) is 2. The van der Waals surface area contributed by atoms with E-state index in [1.165, 1.54) is 0 Å². The number of hydrogen-bond acceptors (Lipinski definition) is 4. The summed E-state index contributed by atoms with van der Waals surface area (Å²) in [4.78, 5) is 4.10. The van der Waals surface area contributed by atoms with Crippen LogP contribution in [-0.2, 0) is 0 Å². The van der Waals surface area contributed by atoms with E-state index in [1.807, 2.05) is 13.0 Å². The lowest BCUT2D eigenvalue weighted by atomic mass is 10.1. The zero-order valence-corrected chi connectivity index (χ0v) is 10.9. The standard InChI is InChI=1S/C13H15ClN4/c1-9(16)8-18-5-4-13(17)10-2-3-11(7-15)12(14)6-10/h2-6,9H,8,16-17H2,1H3/b13-4-,18-5?/t9-/m0/s1. The van der Waals surface area contributed by atoms with Gasteiger partial charge in [0.2, 0.25) is 0 Å². The van der Waals surface area contributed by atoms with Gasteiger partial charge in [0.05, 0.1) is 17.1 Å². The van der Waals surface area contributed by atoms with Gasteiger partial charge in [-0.25, -0.2) is 0 Å². The van der Waals surface area contributed by atoms with Crippen LogP contribution in [0, 0.1) is 11.3 Å². The molecule has 0 aliphatic rings. The minimum Gasteiger partial charge on any atom is -0.398 e. The molecule has 0 heterocycles. The molecule has 0 saturated heterocycles. The summed E-state index contributed by atoms with van der Waals surface area (Å²) in [6, 6.07) is 7.06. The second-order valence-electron chi connectivity index (χ2n) is 3.92. The van der Waals surface area contributed by atoms with E-state index in [0.29, 0.717) is 22.8 Å². The second-order valence-corrected chi connectivity index (χ2v) is 4.33. The molecule has 0 fully saturated rings. The molecular formula is C13H15ClN4. The molecule has 1 aromatic rings. The number of benzene rings is 1. The first kappa shape index (κ1) is 14.2. The Morgan fingerprint density at radius 3 is 2.89 bits per heavy atom. The predicted octanol–water partition coefficient (Wildman–Crippen LogP) is 1.93. The zero-order chi connectivity index (χ0) is 13.5. The first-order valence-electron chi connectivity index (χ1n) is 5.45. The molecule has 94 valence electrons. The maximum atomic E-state index is 8.76. The van der Waals surface area contributed by atoms with Crippen LogP contribution in [0.4, 0.5) is 0 Å². The second kappa shape index (κ2) is 6.80. The molecule has 1 rings (SSSR count). The number of allylic oxidation sites excluding steroid dienone is 1. The van der Waals surface area contributed by atoms with Crippen molar-refractivity contribution in [2.45, 2.75) is 13.0 Å². The third-order valence-corrected chi connectivity index (χ3v) is 2.49. The highest BCUT2D eigenvalue weighted by atomic mass is 35.5. The summed E-state index contributed by atoms with van der Waals surface area (Å²) in [6.45, 7) is 2.43. The number of nitriles is 1. The van der Waals surface area contributed by atoms with E-state index in [2.05, 4.69) is 4.99 Å². The van der Waals surface area contributed by atoms with Crippen LogP contribution in [0.1, 0.15) is 18.1 Å². The fourth-order valence-electron chi connectivity index (χ4n) is 1.24. The molecule has 0 aliphatic heterocycles. The summed E-state index contributed by atoms with van der Waals surface area (Å²) in [5, 5.41) is 9.15. The van der Waals surface area contributed by atoms with Crippen LogP contribution in [-0.4, -0.2) is 18.8 Å². The molecule has 0 saturated carbocycles. The highest BCUT2D eigenvalue weighted by Crippen LogP contribution is 2.19. The molecule has 18 heavy (non-hydrogen) atoms. The van der Waals surface area contributed by atoms with E-state index >= 15 is 0 Å². The quantitative estimate of drug-likeness (QED) is 0.813. The van der Waals surface area contributed by atoms with Gasteiger partial charge in [-0.2, -0.15) is 5.26 Å². The molecule has 0 spiro atoms. The molecular weight excluding hydrogens is 248 g/mol. The average molecular weight is 263 g/mol. The van der Waals surface area contributed by atoms with Crippen molar-refractivity contribution in [2.24, 2.45) is 16.5 Å².